The SMILES string of the molecule is CC(C)(C)c1ccc(-c2[c-]cccc2)nc1.[2H]c1c([2H])c([2H])c(-c2c(C#N)ccc3c2oc2c(-c4ccccn4)[c-]ccc23)c([2H])c1[2H].[Ir]. The van der Waals surface area contributed by atoms with Gasteiger partial charge < -0.3 is 14.4 Å². The molecule has 7 aromatic rings. The van der Waals surface area contributed by atoms with Crippen molar-refractivity contribution in [3.05, 3.63) is 145 Å². The minimum atomic E-state index is -0.494. The Morgan fingerprint density at radius 1 is 0.795 bits per heavy atom. The molecule has 0 amide bonds. The monoisotopic (exact) mass is 753 g/mol. The Morgan fingerprint density at radius 3 is 2.25 bits per heavy atom. The number of aromatic nitrogens is 2. The fourth-order valence-electron chi connectivity index (χ4n) is 4.77. The summed E-state index contributed by atoms with van der Waals surface area (Å²) >= 11 is 0. The fourth-order valence-corrected chi connectivity index (χ4v) is 4.77. The van der Waals surface area contributed by atoms with Crippen LogP contribution < -0.4 is 0 Å². The second kappa shape index (κ2) is 13.2. The molecule has 44 heavy (non-hydrogen) atoms. The molecular weight excluding hydrogens is 719 g/mol. The standard InChI is InChI=1S/C24H13N2O.C15H16N.Ir/c25-15-17-12-13-19-18-9-6-10-20(21-11-4-5-14-26-21)23(18)27-24(19)22(17)16-7-2-1-3-8-16;1-15(2,3)13-9-10-14(16-11-13)12-7-5-4-6-8-12;/h1-9,11-14H;4-7,9-11H,1-3H3;/q2*-1;/i1D,2D,3D,7D,8D;;. The van der Waals surface area contributed by atoms with Crippen LogP contribution in [0, 0.1) is 23.5 Å². The van der Waals surface area contributed by atoms with Crippen molar-refractivity contribution in [1.82, 2.24) is 9.97 Å². The summed E-state index contributed by atoms with van der Waals surface area (Å²) in [6, 6.07) is 30.7. The molecule has 0 atom stereocenters. The van der Waals surface area contributed by atoms with Gasteiger partial charge in [0.2, 0.25) is 0 Å². The summed E-state index contributed by atoms with van der Waals surface area (Å²) in [5.41, 5.74) is 5.74. The minimum Gasteiger partial charge on any atom is -0.500 e. The average Bonchev–Trinajstić information content (AvgIpc) is 3.50. The van der Waals surface area contributed by atoms with Crippen LogP contribution in [0.1, 0.15) is 38.8 Å². The van der Waals surface area contributed by atoms with Crippen LogP contribution in [0.5, 0.6) is 0 Å². The van der Waals surface area contributed by atoms with Gasteiger partial charge in [-0.2, -0.15) is 5.26 Å². The number of hydrogen-bond donors (Lipinski definition) is 0. The number of nitriles is 1. The smallest absolute Gasteiger partial charge is 0.130 e. The Bertz CT molecular complexity index is 2300. The molecule has 0 saturated carbocycles. The van der Waals surface area contributed by atoms with Crippen molar-refractivity contribution in [2.75, 3.05) is 0 Å². The number of hydrogen-bond acceptors (Lipinski definition) is 4. The summed E-state index contributed by atoms with van der Waals surface area (Å²) < 4.78 is 47.0. The van der Waals surface area contributed by atoms with Gasteiger partial charge in [-0.15, -0.1) is 54.1 Å². The van der Waals surface area contributed by atoms with E-state index in [2.05, 4.69) is 61.1 Å². The van der Waals surface area contributed by atoms with E-state index in [1.807, 2.05) is 48.7 Å². The van der Waals surface area contributed by atoms with Crippen LogP contribution in [-0.4, -0.2) is 9.97 Å². The van der Waals surface area contributed by atoms with Gasteiger partial charge in [0.05, 0.1) is 24.1 Å². The fraction of sp³-hybridized carbons (Fsp3) is 0.103. The Hall–Kier alpha value is -4.88. The third-order valence-electron chi connectivity index (χ3n) is 7.01. The summed E-state index contributed by atoms with van der Waals surface area (Å²) in [7, 11) is 0. The first kappa shape index (κ1) is 24.5. The van der Waals surface area contributed by atoms with Crippen LogP contribution in [0.15, 0.2) is 126 Å². The molecule has 0 unspecified atom stereocenters. The van der Waals surface area contributed by atoms with E-state index in [1.54, 1.807) is 30.5 Å². The molecule has 3 aromatic heterocycles. The van der Waals surface area contributed by atoms with Gasteiger partial charge in [-0.1, -0.05) is 92.3 Å². The first-order valence-corrected chi connectivity index (χ1v) is 13.7. The molecule has 3 heterocycles. The maximum atomic E-state index is 9.76. The summed E-state index contributed by atoms with van der Waals surface area (Å²) in [4.78, 5) is 8.85. The number of nitrogens with zero attached hydrogens (tertiary/aromatic N) is 3. The van der Waals surface area contributed by atoms with Crippen molar-refractivity contribution in [3.63, 3.8) is 0 Å². The van der Waals surface area contributed by atoms with Crippen molar-refractivity contribution >= 4 is 21.9 Å². The number of pyridine rings is 2. The molecule has 0 aliphatic heterocycles. The summed E-state index contributed by atoms with van der Waals surface area (Å²) in [6.45, 7) is 6.58. The second-order valence-corrected chi connectivity index (χ2v) is 10.8. The van der Waals surface area contributed by atoms with E-state index in [4.69, 9.17) is 11.3 Å². The summed E-state index contributed by atoms with van der Waals surface area (Å²) in [5, 5.41) is 11.2. The van der Waals surface area contributed by atoms with Crippen molar-refractivity contribution < 1.29 is 31.4 Å². The number of fused-ring (bicyclic) bond motifs is 3. The Balaban J connectivity index is 0.000000233. The third-order valence-corrected chi connectivity index (χ3v) is 7.01. The zero-order valence-corrected chi connectivity index (χ0v) is 26.6. The first-order chi connectivity index (χ1) is 23.0. The van der Waals surface area contributed by atoms with E-state index in [0.29, 0.717) is 22.2 Å². The molecule has 5 heteroatoms. The van der Waals surface area contributed by atoms with Gasteiger partial charge in [0.1, 0.15) is 5.58 Å². The molecule has 0 saturated heterocycles. The Kier molecular flexibility index (Phi) is 7.36. The molecule has 4 nitrogen and oxygen atoms in total. The molecular formula is C39H29IrN3O-2. The molecule has 217 valence electrons. The van der Waals surface area contributed by atoms with Gasteiger partial charge in [0, 0.05) is 43.4 Å². The third kappa shape index (κ3) is 6.24. The molecule has 0 fully saturated rings. The molecule has 0 N–H and O–H groups in total. The van der Waals surface area contributed by atoms with Gasteiger partial charge in [-0.25, -0.2) is 0 Å². The first-order valence-electron chi connectivity index (χ1n) is 16.2. The quantitative estimate of drug-likeness (QED) is 0.169. The Morgan fingerprint density at radius 2 is 1.59 bits per heavy atom. The predicted molar refractivity (Wildman–Crippen MR) is 173 cm³/mol. The van der Waals surface area contributed by atoms with Crippen LogP contribution in [0.2, 0.25) is 0 Å². The van der Waals surface area contributed by atoms with E-state index < -0.39 is 30.2 Å². The zero-order chi connectivity index (χ0) is 34.2. The van der Waals surface area contributed by atoms with Crippen LogP contribution in [0.4, 0.5) is 0 Å². The topological polar surface area (TPSA) is 62.7 Å². The Labute approximate surface area is 278 Å². The van der Waals surface area contributed by atoms with Gasteiger partial charge >= 0.3 is 0 Å². The van der Waals surface area contributed by atoms with Crippen LogP contribution >= 0.6 is 0 Å². The van der Waals surface area contributed by atoms with Crippen LogP contribution in [0.25, 0.3) is 55.6 Å². The normalized spacial score (nSPS) is 12.5. The van der Waals surface area contributed by atoms with Crippen molar-refractivity contribution in [2.45, 2.75) is 26.2 Å². The second-order valence-electron chi connectivity index (χ2n) is 10.8. The van der Waals surface area contributed by atoms with Crippen molar-refractivity contribution in [3.8, 4) is 39.7 Å². The summed E-state index contributed by atoms with van der Waals surface area (Å²) in [5.74, 6) is 0. The molecule has 0 bridgehead atoms. The maximum absolute atomic E-state index is 9.76. The maximum Gasteiger partial charge on any atom is 0.130 e. The number of benzene rings is 4. The van der Waals surface area contributed by atoms with Gasteiger partial charge in [0.25, 0.3) is 0 Å². The number of furan rings is 1. The van der Waals surface area contributed by atoms with Crippen molar-refractivity contribution in [2.24, 2.45) is 0 Å². The van der Waals surface area contributed by atoms with Crippen LogP contribution in [-0.2, 0) is 25.5 Å². The molecule has 1 radical (unpaired) electrons. The van der Waals surface area contributed by atoms with E-state index >= 15 is 0 Å². The molecule has 0 spiro atoms. The summed E-state index contributed by atoms with van der Waals surface area (Å²) in [6.07, 6.45) is 3.62. The van der Waals surface area contributed by atoms with Gasteiger partial charge in [-0.05, 0) is 40.1 Å². The molecule has 4 aromatic carbocycles. The largest absolute Gasteiger partial charge is 0.500 e. The minimum absolute atomic E-state index is 0. The van der Waals surface area contributed by atoms with E-state index in [9.17, 15) is 5.26 Å². The van der Waals surface area contributed by atoms with Crippen molar-refractivity contribution in [1.29, 1.82) is 5.26 Å². The van der Waals surface area contributed by atoms with E-state index in [-0.39, 0.29) is 47.8 Å². The number of rotatable bonds is 3. The molecule has 0 aliphatic rings. The van der Waals surface area contributed by atoms with E-state index in [1.165, 1.54) is 5.56 Å². The van der Waals surface area contributed by atoms with E-state index in [0.717, 1.165) is 16.6 Å². The average molecular weight is 753 g/mol. The predicted octanol–water partition coefficient (Wildman–Crippen LogP) is 9.83. The van der Waals surface area contributed by atoms with Crippen LogP contribution in [0.3, 0.4) is 0 Å². The van der Waals surface area contributed by atoms with Gasteiger partial charge in [0.15, 0.2) is 0 Å². The molecule has 0 aliphatic carbocycles. The van der Waals surface area contributed by atoms with Gasteiger partial charge in [-0.3, -0.25) is 0 Å². The molecule has 7 rings (SSSR count). The zero-order valence-electron chi connectivity index (χ0n) is 29.2.